The summed E-state index contributed by atoms with van der Waals surface area (Å²) in [5.41, 5.74) is 11.8. The normalized spacial score (nSPS) is 17.6. The van der Waals surface area contributed by atoms with Crippen molar-refractivity contribution >= 4 is 81.6 Å². The first-order chi connectivity index (χ1) is 51.5. The van der Waals surface area contributed by atoms with E-state index in [4.69, 9.17) is 9.97 Å². The van der Waals surface area contributed by atoms with Crippen LogP contribution in [0.4, 0.5) is 56.9 Å². The predicted molar refractivity (Wildman–Crippen MR) is 440 cm³/mol. The van der Waals surface area contributed by atoms with Gasteiger partial charge in [0.15, 0.2) is 0 Å². The molecule has 1 amide bonds. The molecule has 109 heavy (non-hydrogen) atoms. The third-order valence-electron chi connectivity index (χ3n) is 21.0. The maximum atomic E-state index is 14.0. The second-order valence-corrected chi connectivity index (χ2v) is 30.6. The molecule has 8 aliphatic rings. The lowest BCUT2D eigenvalue weighted by Gasteiger charge is -2.36. The molecule has 596 valence electrons. The number of benzene rings is 1. The van der Waals surface area contributed by atoms with Gasteiger partial charge in [-0.1, -0.05) is 73.3 Å². The number of halogens is 8. The van der Waals surface area contributed by atoms with Crippen LogP contribution < -0.4 is 56.0 Å². The van der Waals surface area contributed by atoms with Gasteiger partial charge in [0, 0.05) is 193 Å². The molecule has 0 spiro atoms. The second-order valence-electron chi connectivity index (χ2n) is 29.7. The number of hydrogen-bond donors (Lipinski definition) is 5. The van der Waals surface area contributed by atoms with Gasteiger partial charge >= 0.3 is 6.18 Å². The standard InChI is InChI=1S/C18H18BrF2N3O.C15H23N3.C14H21N3.C13H21N3.C11H14F3N3.C10H16N4.2ClH/c1-11-7-12(2)17(22-10-11)23-3-5-24(6-4-23)18(25)16-14(20)8-13(19)9-15(16)21;1-12-10-14(13-4-2-3-5-13)11-17-15(12)18-8-6-16-7-9-18;1-11-9-13(12-3-2-4-12)10-16-14(11)17-7-5-15-6-8-17;1-10(2)12-8-11(3)13(15-9-12)16-6-4-14-5-7-16;1-8-6-9(11(12,13)14)10(16-7-8)17-4-2-15-3-5-17;1-8-7-12-10(9(2)13-8)14-5-3-11-4-6-14;;/h7-10H,3-6H2,1-2H3;10-11,13,16H,2-9H2,1H3;9-10,12,15H,2-8H2,1H3;8-10,14H,4-7H2,1-3H3;6-7,15H,2-5H2,1H3;7,11H,3-6H2,1-2H3;2*1H. The molecule has 28 heteroatoms. The lowest BCUT2D eigenvalue weighted by molar-refractivity contribution is -0.137. The molecule has 2 aliphatic carbocycles. The molecule has 6 saturated heterocycles. The van der Waals surface area contributed by atoms with Crippen molar-refractivity contribution in [2.45, 2.75) is 138 Å². The van der Waals surface area contributed by atoms with E-state index in [0.29, 0.717) is 63.8 Å². The SMILES string of the molecule is Cc1cc(C(C)C)cnc1N1CCNCC1.Cc1cc(C2CCC2)cnc1N1CCNCC1.Cc1cc(C2CCCC2)cnc1N1CCNCC1.Cc1cnc(N2CCN(C(=O)c3c(F)cc(Br)cc3F)CC2)c(C)c1.Cc1cnc(N2CCNCC2)c(C(F)(F)F)c1.Cc1cnc(N2CCNCC2)c(C)n1.Cl.Cl. The topological polar surface area (TPSA) is 190 Å². The molecule has 0 bridgehead atoms. The lowest BCUT2D eigenvalue weighted by atomic mass is 9.80. The molecule has 0 unspecified atom stereocenters. The molecule has 8 fully saturated rings. The second kappa shape index (κ2) is 42.5. The zero-order valence-electron chi connectivity index (χ0n) is 65.4. The van der Waals surface area contributed by atoms with Crippen LogP contribution >= 0.6 is 40.7 Å². The zero-order valence-corrected chi connectivity index (χ0v) is 68.6. The highest BCUT2D eigenvalue weighted by atomic mass is 79.9. The molecular formula is C81H115BrCl2F5N19O. The average molecular weight is 1620 g/mol. The largest absolute Gasteiger partial charge is 0.419 e. The minimum atomic E-state index is -4.35. The number of amides is 1. The molecule has 2 saturated carbocycles. The van der Waals surface area contributed by atoms with E-state index in [0.717, 1.165) is 175 Å². The molecule has 20 nitrogen and oxygen atoms in total. The highest BCUT2D eigenvalue weighted by Crippen LogP contribution is 2.39. The van der Waals surface area contributed by atoms with E-state index in [9.17, 15) is 26.7 Å². The van der Waals surface area contributed by atoms with E-state index in [1.54, 1.807) is 11.8 Å². The van der Waals surface area contributed by atoms with Gasteiger partial charge < -0.3 is 60.9 Å². The first-order valence-electron chi connectivity index (χ1n) is 38.6. The van der Waals surface area contributed by atoms with E-state index in [-0.39, 0.29) is 35.1 Å². The molecule has 6 aliphatic heterocycles. The highest BCUT2D eigenvalue weighted by Gasteiger charge is 2.37. The van der Waals surface area contributed by atoms with E-state index >= 15 is 0 Å². The maximum Gasteiger partial charge on any atom is 0.419 e. The van der Waals surface area contributed by atoms with Gasteiger partial charge in [0.1, 0.15) is 52.1 Å². The summed E-state index contributed by atoms with van der Waals surface area (Å²) in [6, 6.07) is 12.4. The van der Waals surface area contributed by atoms with Crippen molar-refractivity contribution in [1.82, 2.24) is 66.4 Å². The Morgan fingerprint density at radius 2 is 0.780 bits per heavy atom. The molecule has 15 rings (SSSR count). The molecule has 5 N–H and O–H groups in total. The summed E-state index contributed by atoms with van der Waals surface area (Å²) in [5.74, 6) is 5.32. The number of rotatable bonds is 10. The monoisotopic (exact) mass is 1610 g/mol. The van der Waals surface area contributed by atoms with Gasteiger partial charge in [0.2, 0.25) is 0 Å². The number of aromatic nitrogens is 7. The molecule has 0 atom stereocenters. The number of anilines is 6. The fourth-order valence-corrected chi connectivity index (χ4v) is 15.3. The molecule has 12 heterocycles. The van der Waals surface area contributed by atoms with Crippen LogP contribution in [0.3, 0.4) is 0 Å². The van der Waals surface area contributed by atoms with E-state index in [1.165, 1.54) is 101 Å². The van der Waals surface area contributed by atoms with Crippen molar-refractivity contribution in [3.8, 4) is 0 Å². The van der Waals surface area contributed by atoms with Crippen molar-refractivity contribution in [3.63, 3.8) is 0 Å². The summed E-state index contributed by atoms with van der Waals surface area (Å²) in [5, 5.41) is 16.6. The maximum absolute atomic E-state index is 14.0. The van der Waals surface area contributed by atoms with Crippen LogP contribution in [0, 0.1) is 67.0 Å². The number of piperazine rings is 6. The van der Waals surface area contributed by atoms with Crippen LogP contribution in [0.25, 0.3) is 0 Å². The smallest absolute Gasteiger partial charge is 0.354 e. The Morgan fingerprint density at radius 3 is 1.16 bits per heavy atom. The number of carbonyl (C=O) groups is 1. The molecule has 7 aromatic rings. The average Bonchev–Trinajstić information content (AvgIpc) is 0.827. The van der Waals surface area contributed by atoms with Crippen LogP contribution in [0.5, 0.6) is 0 Å². The highest BCUT2D eigenvalue weighted by molar-refractivity contribution is 9.10. The van der Waals surface area contributed by atoms with E-state index in [1.807, 2.05) is 46.3 Å². The number of nitrogens with one attached hydrogen (secondary N) is 5. The van der Waals surface area contributed by atoms with Crippen LogP contribution in [0.15, 0.2) is 84.1 Å². The summed E-state index contributed by atoms with van der Waals surface area (Å²) >= 11 is 3.02. The number of hydrogen-bond acceptors (Lipinski definition) is 19. The number of nitrogens with zero attached hydrogens (tertiary/aromatic N) is 14. The van der Waals surface area contributed by atoms with Gasteiger partial charge in [0.25, 0.3) is 5.91 Å². The van der Waals surface area contributed by atoms with E-state index < -0.39 is 34.8 Å². The van der Waals surface area contributed by atoms with Gasteiger partial charge in [-0.15, -0.1) is 24.8 Å². The Morgan fingerprint density at radius 1 is 0.431 bits per heavy atom. The van der Waals surface area contributed by atoms with Gasteiger partial charge in [-0.2, -0.15) is 13.2 Å². The van der Waals surface area contributed by atoms with Crippen molar-refractivity contribution in [1.29, 1.82) is 0 Å². The number of alkyl halides is 3. The summed E-state index contributed by atoms with van der Waals surface area (Å²) in [7, 11) is 0. The Hall–Kier alpha value is -7.17. The summed E-state index contributed by atoms with van der Waals surface area (Å²) in [4.78, 5) is 58.6. The van der Waals surface area contributed by atoms with Crippen molar-refractivity contribution in [3.05, 3.63) is 168 Å². The van der Waals surface area contributed by atoms with Gasteiger partial charge in [0.05, 0.1) is 23.1 Å². The first-order valence-corrected chi connectivity index (χ1v) is 39.4. The summed E-state index contributed by atoms with van der Waals surface area (Å²) in [6.07, 6.45) is 16.6. The van der Waals surface area contributed by atoms with E-state index in [2.05, 4.69) is 163 Å². The Labute approximate surface area is 663 Å². The predicted octanol–water partition coefficient (Wildman–Crippen LogP) is 13.3. The van der Waals surface area contributed by atoms with Crippen LogP contribution in [0.2, 0.25) is 0 Å². The van der Waals surface area contributed by atoms with Crippen LogP contribution in [0.1, 0.15) is 154 Å². The Bertz CT molecular complexity index is 3980. The van der Waals surface area contributed by atoms with Crippen LogP contribution in [-0.2, 0) is 6.18 Å². The molecule has 6 aromatic heterocycles. The number of carbonyl (C=O) groups excluding carboxylic acids is 1. The van der Waals surface area contributed by atoms with Gasteiger partial charge in [-0.3, -0.25) is 9.78 Å². The van der Waals surface area contributed by atoms with Gasteiger partial charge in [-0.05, 0) is 167 Å². The third kappa shape index (κ3) is 24.7. The first kappa shape index (κ1) is 87.4. The number of aryl methyl sites for hydroxylation is 8. The van der Waals surface area contributed by atoms with Crippen LogP contribution in [-0.4, -0.2) is 203 Å². The fourth-order valence-electron chi connectivity index (χ4n) is 14.9. The molecule has 0 radical (unpaired) electrons. The van der Waals surface area contributed by atoms with Gasteiger partial charge in [-0.25, -0.2) is 38.7 Å². The summed E-state index contributed by atoms with van der Waals surface area (Å²) < 4.78 is 67.0. The third-order valence-corrected chi connectivity index (χ3v) is 21.5. The van der Waals surface area contributed by atoms with Crippen molar-refractivity contribution < 1.29 is 26.7 Å². The summed E-state index contributed by atoms with van der Waals surface area (Å²) in [6.45, 7) is 42.0. The molecular weight excluding hydrogens is 1500 g/mol. The number of pyridine rings is 5. The fraction of sp³-hybridized carbons (Fsp3) is 0.556. The quantitative estimate of drug-likeness (QED) is 0.0812. The van der Waals surface area contributed by atoms with Crippen molar-refractivity contribution in [2.24, 2.45) is 0 Å². The molecule has 1 aromatic carbocycles. The Balaban J connectivity index is 0.000000166. The lowest BCUT2D eigenvalue weighted by Crippen LogP contribution is -2.49. The minimum absolute atomic E-state index is 0. The zero-order chi connectivity index (χ0) is 76.2. The van der Waals surface area contributed by atoms with Crippen molar-refractivity contribution in [2.75, 3.05) is 186 Å². The Kier molecular flexibility index (Phi) is 34.1. The minimum Gasteiger partial charge on any atom is -0.354 e.